The zero-order valence-corrected chi connectivity index (χ0v) is 23.0. The van der Waals surface area contributed by atoms with Crippen LogP contribution in [0, 0.1) is 25.7 Å². The van der Waals surface area contributed by atoms with E-state index in [-0.39, 0.29) is 18.3 Å². The van der Waals surface area contributed by atoms with Gasteiger partial charge in [-0.3, -0.25) is 0 Å². The molecule has 5 rings (SSSR count). The third kappa shape index (κ3) is 6.58. The molecular weight excluding hydrogens is 491 g/mol. The molecule has 34 heavy (non-hydrogen) atoms. The molecule has 3 fully saturated rings. The van der Waals surface area contributed by atoms with E-state index in [9.17, 15) is 0 Å². The number of hydrogen-bond acceptors (Lipinski definition) is 4. The second kappa shape index (κ2) is 10.2. The van der Waals surface area contributed by atoms with Gasteiger partial charge in [-0.15, -0.1) is 0 Å². The van der Waals surface area contributed by atoms with Crippen LogP contribution in [0.3, 0.4) is 0 Å². The van der Waals surface area contributed by atoms with Gasteiger partial charge in [-0.25, -0.2) is 0 Å². The first-order valence-corrected chi connectivity index (χ1v) is 13.3. The third-order valence-electron chi connectivity index (χ3n) is 7.10. The van der Waals surface area contributed by atoms with Gasteiger partial charge in [0.15, 0.2) is 0 Å². The zero-order valence-electron chi connectivity index (χ0n) is 21.4. The van der Waals surface area contributed by atoms with Gasteiger partial charge in [-0.05, 0) is 119 Å². The summed E-state index contributed by atoms with van der Waals surface area (Å²) in [5.74, 6) is 3.41. The van der Waals surface area contributed by atoms with E-state index in [1.165, 1.54) is 36.8 Å². The quantitative estimate of drug-likeness (QED) is 0.378. The summed E-state index contributed by atoms with van der Waals surface area (Å²) in [6.45, 7) is 14.1. The summed E-state index contributed by atoms with van der Waals surface area (Å²) < 4.78 is 25.1. The van der Waals surface area contributed by atoms with Crippen LogP contribution >= 0.6 is 15.9 Å². The van der Waals surface area contributed by atoms with Crippen molar-refractivity contribution in [2.24, 2.45) is 11.8 Å². The fraction of sp³-hybridized carbons (Fsp3) is 0.571. The first-order chi connectivity index (χ1) is 16.0. The van der Waals surface area contributed by atoms with Gasteiger partial charge in [-0.2, -0.15) is 0 Å². The molecule has 1 saturated heterocycles. The van der Waals surface area contributed by atoms with Gasteiger partial charge in [0, 0.05) is 5.46 Å². The lowest BCUT2D eigenvalue weighted by atomic mass is 9.77. The summed E-state index contributed by atoms with van der Waals surface area (Å²) >= 11 is 3.49. The molecule has 0 atom stereocenters. The van der Waals surface area contributed by atoms with Gasteiger partial charge >= 0.3 is 7.12 Å². The Morgan fingerprint density at radius 1 is 0.794 bits per heavy atom. The van der Waals surface area contributed by atoms with Crippen LogP contribution in [0.25, 0.3) is 0 Å². The van der Waals surface area contributed by atoms with Crippen molar-refractivity contribution in [1.29, 1.82) is 0 Å². The molecule has 2 aliphatic carbocycles. The van der Waals surface area contributed by atoms with Crippen molar-refractivity contribution < 1.29 is 18.8 Å². The number of aryl methyl sites for hydroxylation is 2. The molecule has 6 heteroatoms. The van der Waals surface area contributed by atoms with Crippen molar-refractivity contribution in [1.82, 2.24) is 0 Å². The van der Waals surface area contributed by atoms with E-state index in [2.05, 4.69) is 81.7 Å². The van der Waals surface area contributed by atoms with Gasteiger partial charge in [0.05, 0.1) is 28.9 Å². The molecule has 3 aliphatic rings. The van der Waals surface area contributed by atoms with E-state index in [1.54, 1.807) is 0 Å². The lowest BCUT2D eigenvalue weighted by molar-refractivity contribution is 0.00578. The molecule has 2 saturated carbocycles. The molecule has 0 aromatic heterocycles. The van der Waals surface area contributed by atoms with E-state index >= 15 is 0 Å². The Morgan fingerprint density at radius 2 is 1.26 bits per heavy atom. The van der Waals surface area contributed by atoms with Crippen LogP contribution in [0.5, 0.6) is 11.5 Å². The van der Waals surface area contributed by atoms with E-state index in [4.69, 9.17) is 18.8 Å². The minimum absolute atomic E-state index is 0.324. The fourth-order valence-electron chi connectivity index (χ4n) is 3.66. The molecule has 2 aromatic carbocycles. The van der Waals surface area contributed by atoms with Crippen molar-refractivity contribution in [3.8, 4) is 11.5 Å². The Labute approximate surface area is 214 Å². The van der Waals surface area contributed by atoms with Gasteiger partial charge in [0.2, 0.25) is 0 Å². The van der Waals surface area contributed by atoms with Gasteiger partial charge in [0.1, 0.15) is 11.5 Å². The van der Waals surface area contributed by atoms with Crippen LogP contribution in [-0.2, 0) is 9.31 Å². The molecule has 184 valence electrons. The fourth-order valence-corrected chi connectivity index (χ4v) is 4.27. The highest BCUT2D eigenvalue weighted by molar-refractivity contribution is 9.10. The molecule has 0 N–H and O–H groups in total. The van der Waals surface area contributed by atoms with Gasteiger partial charge < -0.3 is 18.8 Å². The molecule has 0 unspecified atom stereocenters. The summed E-state index contributed by atoms with van der Waals surface area (Å²) in [6, 6.07) is 12.4. The Hall–Kier alpha value is -1.50. The minimum Gasteiger partial charge on any atom is -0.494 e. The summed E-state index contributed by atoms with van der Waals surface area (Å²) in [7, 11) is -0.357. The average Bonchev–Trinajstić information content (AvgIpc) is 3.66. The Bertz CT molecular complexity index is 982. The van der Waals surface area contributed by atoms with E-state index in [0.717, 1.165) is 46.5 Å². The van der Waals surface area contributed by atoms with Crippen molar-refractivity contribution in [3.63, 3.8) is 0 Å². The summed E-state index contributed by atoms with van der Waals surface area (Å²) in [5, 5.41) is 0. The Kier molecular flexibility index (Phi) is 7.71. The van der Waals surface area contributed by atoms with Crippen LogP contribution in [0.2, 0.25) is 0 Å². The maximum Gasteiger partial charge on any atom is 0.498 e. The standard InChI is InChI=1S/C17H25BO3.C11H13BrO/c1-12-6-9-15(19-11-13-7-8-13)14(10-12)18-20-16(2,3)17(4,5)21-18;1-8-2-5-11(10(12)6-8)13-7-9-3-4-9/h6,9-10,13H,7-8,11H2,1-5H3;2,5-6,9H,3-4,7H2,1H3. The lowest BCUT2D eigenvalue weighted by Gasteiger charge is -2.32. The second-order valence-electron chi connectivity index (χ2n) is 11.1. The van der Waals surface area contributed by atoms with Crippen LogP contribution < -0.4 is 14.9 Å². The zero-order chi connectivity index (χ0) is 24.5. The molecule has 0 spiro atoms. The summed E-state index contributed by atoms with van der Waals surface area (Å²) in [6.07, 6.45) is 5.25. The molecule has 1 aliphatic heterocycles. The van der Waals surface area contributed by atoms with Crippen LogP contribution in [0.1, 0.15) is 64.5 Å². The average molecular weight is 529 g/mol. The van der Waals surface area contributed by atoms with Gasteiger partial charge in [-0.1, -0.05) is 23.8 Å². The first-order valence-electron chi connectivity index (χ1n) is 12.5. The Balaban J connectivity index is 0.000000180. The van der Waals surface area contributed by atoms with Crippen molar-refractivity contribution in [2.45, 2.75) is 78.4 Å². The second-order valence-corrected chi connectivity index (χ2v) is 11.9. The maximum atomic E-state index is 6.17. The molecule has 2 aromatic rings. The predicted octanol–water partition coefficient (Wildman–Crippen LogP) is 6.63. The highest BCUT2D eigenvalue weighted by Gasteiger charge is 2.52. The summed E-state index contributed by atoms with van der Waals surface area (Å²) in [5.41, 5.74) is 2.81. The molecule has 4 nitrogen and oxygen atoms in total. The van der Waals surface area contributed by atoms with Crippen LogP contribution in [-0.4, -0.2) is 31.5 Å². The van der Waals surface area contributed by atoms with Crippen LogP contribution in [0.15, 0.2) is 40.9 Å². The minimum atomic E-state index is -0.357. The smallest absolute Gasteiger partial charge is 0.494 e. The normalized spacial score (nSPS) is 20.5. The topological polar surface area (TPSA) is 36.9 Å². The lowest BCUT2D eigenvalue weighted by Crippen LogP contribution is -2.41. The van der Waals surface area contributed by atoms with Crippen molar-refractivity contribution in [3.05, 3.63) is 52.0 Å². The highest BCUT2D eigenvalue weighted by atomic mass is 79.9. The first kappa shape index (κ1) is 25.6. The largest absolute Gasteiger partial charge is 0.498 e. The number of benzene rings is 2. The monoisotopic (exact) mass is 528 g/mol. The molecule has 0 amide bonds. The van der Waals surface area contributed by atoms with Crippen LogP contribution in [0.4, 0.5) is 0 Å². The van der Waals surface area contributed by atoms with Gasteiger partial charge in [0.25, 0.3) is 0 Å². The molecule has 0 radical (unpaired) electrons. The van der Waals surface area contributed by atoms with E-state index < -0.39 is 0 Å². The molecular formula is C28H38BBrO4. The van der Waals surface area contributed by atoms with Crippen molar-refractivity contribution in [2.75, 3.05) is 13.2 Å². The van der Waals surface area contributed by atoms with E-state index in [1.807, 2.05) is 12.1 Å². The number of ether oxygens (including phenoxy) is 2. The predicted molar refractivity (Wildman–Crippen MR) is 142 cm³/mol. The maximum absolute atomic E-state index is 6.17. The number of halogens is 1. The van der Waals surface area contributed by atoms with Crippen molar-refractivity contribution >= 4 is 28.5 Å². The SMILES string of the molecule is Cc1ccc(OCC2CC2)c(B2OC(C)(C)C(C)(C)O2)c1.Cc1ccc(OCC2CC2)c(Br)c1. The molecule has 1 heterocycles. The summed E-state index contributed by atoms with van der Waals surface area (Å²) in [4.78, 5) is 0. The highest BCUT2D eigenvalue weighted by Crippen LogP contribution is 2.37. The number of hydrogen-bond donors (Lipinski definition) is 0. The molecule has 0 bridgehead atoms. The van der Waals surface area contributed by atoms with E-state index in [0.29, 0.717) is 0 Å². The third-order valence-corrected chi connectivity index (χ3v) is 7.72. The number of rotatable bonds is 7. The Morgan fingerprint density at radius 3 is 1.76 bits per heavy atom.